The number of aromatic nitrogens is 2. The number of ether oxygens (including phenoxy) is 1. The maximum absolute atomic E-state index is 13.2. The molecule has 0 spiro atoms. The van der Waals surface area contributed by atoms with Crippen LogP contribution in [0, 0.1) is 6.92 Å². The Morgan fingerprint density at radius 2 is 1.74 bits per heavy atom. The SMILES string of the molecule is C.Cc1cn([C@H]2C[C@@H](O)[C@@H](COP(=O)([O-])OCCSC3CC(=O)N(CCCCCCC(=O)NNC(=O)c4ccc(C(=O)O)c(-c5c6ccc(=O)cc-6oc6cc(O)ccc56)c4)C3=O)O2)c(=O)[nH]c1=O. The highest BCUT2D eigenvalue weighted by atomic mass is 32.2. The molecular formula is C45H49N5O17PS-. The number of thioether (sulfide) groups is 1. The molecule has 2 aromatic carbocycles. The van der Waals surface area contributed by atoms with Crippen molar-refractivity contribution in [1.82, 2.24) is 25.3 Å². The Labute approximate surface area is 396 Å². The minimum atomic E-state index is -4.88. The summed E-state index contributed by atoms with van der Waals surface area (Å²) in [5.41, 5.74) is 4.08. The van der Waals surface area contributed by atoms with Crippen molar-refractivity contribution < 1.29 is 67.0 Å². The lowest BCUT2D eigenvalue weighted by Crippen LogP contribution is -2.41. The number of nitrogens with one attached hydrogen (secondary N) is 3. The number of carbonyl (C=O) groups excluding carboxylic acids is 4. The van der Waals surface area contributed by atoms with Gasteiger partial charge in [0, 0.05) is 77.5 Å². The molecular weight excluding hydrogens is 946 g/mol. The van der Waals surface area contributed by atoms with Crippen molar-refractivity contribution in [1.29, 1.82) is 0 Å². The number of phenols is 1. The van der Waals surface area contributed by atoms with Gasteiger partial charge in [0.25, 0.3) is 19.3 Å². The Hall–Kier alpha value is -6.46. The van der Waals surface area contributed by atoms with Gasteiger partial charge in [-0.15, -0.1) is 11.8 Å². The van der Waals surface area contributed by atoms with Gasteiger partial charge < -0.3 is 38.4 Å². The number of carboxylic acids is 1. The number of phosphoric ester groups is 1. The zero-order valence-electron chi connectivity index (χ0n) is 36.2. The van der Waals surface area contributed by atoms with Gasteiger partial charge in [-0.1, -0.05) is 20.3 Å². The third-order valence-corrected chi connectivity index (χ3v) is 13.4. The average molecular weight is 995 g/mol. The van der Waals surface area contributed by atoms with Crippen LogP contribution >= 0.6 is 19.6 Å². The highest BCUT2D eigenvalue weighted by Gasteiger charge is 2.39. The van der Waals surface area contributed by atoms with Crippen LogP contribution in [-0.2, 0) is 32.7 Å². The van der Waals surface area contributed by atoms with Crippen molar-refractivity contribution in [2.45, 2.75) is 83.0 Å². The van der Waals surface area contributed by atoms with Gasteiger partial charge in [-0.2, -0.15) is 0 Å². The van der Waals surface area contributed by atoms with E-state index in [-0.39, 0.29) is 96.3 Å². The summed E-state index contributed by atoms with van der Waals surface area (Å²) in [6, 6.07) is 12.1. The molecule has 5 atom stereocenters. The lowest BCUT2D eigenvalue weighted by atomic mass is 9.89. The zero-order chi connectivity index (χ0) is 48.9. The number of fused-ring (bicyclic) bond motifs is 2. The molecule has 4 amide bonds. The summed E-state index contributed by atoms with van der Waals surface area (Å²) < 4.78 is 34.7. The van der Waals surface area contributed by atoms with Gasteiger partial charge in [0.1, 0.15) is 29.4 Å². The highest BCUT2D eigenvalue weighted by molar-refractivity contribution is 8.00. The molecule has 3 aliphatic heterocycles. The fourth-order valence-electron chi connectivity index (χ4n) is 7.79. The van der Waals surface area contributed by atoms with Crippen LogP contribution in [-0.4, -0.2) is 102 Å². The minimum absolute atomic E-state index is 0. The van der Waals surface area contributed by atoms with Crippen LogP contribution in [0.4, 0.5) is 0 Å². The van der Waals surface area contributed by atoms with E-state index in [0.29, 0.717) is 42.2 Å². The quantitative estimate of drug-likeness (QED) is 0.0227. The van der Waals surface area contributed by atoms with Crippen molar-refractivity contribution in [3.05, 3.63) is 109 Å². The number of aromatic carboxylic acids is 1. The number of unbranched alkanes of at least 4 members (excludes halogenated alkanes) is 3. The molecule has 24 heteroatoms. The number of phenolic OH excluding ortho intramolecular Hbond substituents is 1. The lowest BCUT2D eigenvalue weighted by Gasteiger charge is -2.25. The standard InChI is InChI=1S/C44H46N5O17PS.CH4/c1-23-21-49(44(60)45-40(23)55)38-19-31(52)34(66-38)22-64-67(61,62)63-14-15-68-35-20-37(54)48(42(35)57)13-5-3-2-4-6-36(53)46-47-41(56)24-7-10-27(43(58)59)30(16-24)39-28-11-8-25(50)17-32(28)65-33-18-26(51)9-12-29(33)39;/h7-12,16-18,21,31,34-35,38,50,52H,2-6,13-15,19-20,22H2,1H3,(H,46,53)(H,47,56)(H,58,59)(H,61,62)(H,45,55,60);1H4/p-1/t31-,34-,35?,38-;/m1./s1. The molecule has 0 radical (unpaired) electrons. The number of carbonyl (C=O) groups is 5. The van der Waals surface area contributed by atoms with Crippen LogP contribution in [0.2, 0.25) is 0 Å². The molecule has 7 rings (SSSR count). The van der Waals surface area contributed by atoms with Gasteiger partial charge in [0.15, 0.2) is 5.43 Å². The van der Waals surface area contributed by atoms with Gasteiger partial charge in [0.05, 0.1) is 30.1 Å². The number of H-pyrrole nitrogens is 1. The fourth-order valence-corrected chi connectivity index (χ4v) is 9.63. The molecule has 4 aliphatic rings. The van der Waals surface area contributed by atoms with E-state index in [1.807, 2.05) is 0 Å². The third-order valence-electron chi connectivity index (χ3n) is 11.2. The fraction of sp³-hybridized carbons (Fsp3) is 0.378. The molecule has 0 bridgehead atoms. The summed E-state index contributed by atoms with van der Waals surface area (Å²) >= 11 is 1.05. The maximum Gasteiger partial charge on any atom is 0.336 e. The molecule has 1 aliphatic carbocycles. The number of amides is 4. The molecule has 6 N–H and O–H groups in total. The van der Waals surface area contributed by atoms with Crippen LogP contribution in [0.15, 0.2) is 79.6 Å². The van der Waals surface area contributed by atoms with Gasteiger partial charge >= 0.3 is 11.7 Å². The number of nitrogens with zero attached hydrogens (tertiary/aromatic N) is 2. The molecule has 1 aromatic heterocycles. The number of hydrazine groups is 1. The summed E-state index contributed by atoms with van der Waals surface area (Å²) in [7, 11) is -4.88. The molecule has 69 heavy (non-hydrogen) atoms. The van der Waals surface area contributed by atoms with Crippen LogP contribution in [0.3, 0.4) is 0 Å². The first-order valence-electron chi connectivity index (χ1n) is 21.3. The van der Waals surface area contributed by atoms with Gasteiger partial charge in [-0.25, -0.2) is 9.59 Å². The van der Waals surface area contributed by atoms with Gasteiger partial charge in [-0.3, -0.25) is 58.6 Å². The summed E-state index contributed by atoms with van der Waals surface area (Å²) in [6.07, 6.45) is -0.120. The number of hydrogen-bond acceptors (Lipinski definition) is 17. The molecule has 2 saturated heterocycles. The van der Waals surface area contributed by atoms with E-state index in [0.717, 1.165) is 21.2 Å². The monoisotopic (exact) mass is 994 g/mol. The van der Waals surface area contributed by atoms with Crippen molar-refractivity contribution in [3.63, 3.8) is 0 Å². The molecule has 4 heterocycles. The Bertz CT molecular complexity index is 2970. The van der Waals surface area contributed by atoms with Crippen LogP contribution in [0.25, 0.3) is 33.4 Å². The number of aromatic hydroxyl groups is 1. The second-order valence-corrected chi connectivity index (χ2v) is 18.7. The van der Waals surface area contributed by atoms with E-state index in [1.165, 1.54) is 67.7 Å². The van der Waals surface area contributed by atoms with Crippen molar-refractivity contribution in [2.75, 3.05) is 25.5 Å². The number of rotatable bonds is 19. The molecule has 3 aromatic rings. The first-order chi connectivity index (χ1) is 32.4. The van der Waals surface area contributed by atoms with Gasteiger partial charge in [-0.05, 0) is 67.8 Å². The smallest absolute Gasteiger partial charge is 0.336 e. The molecule has 22 nitrogen and oxygen atoms in total. The number of aromatic amines is 1. The second-order valence-electron chi connectivity index (χ2n) is 16.0. The number of aliphatic hydroxyl groups is 1. The van der Waals surface area contributed by atoms with Crippen LogP contribution < -0.4 is 32.4 Å². The van der Waals surface area contributed by atoms with Crippen molar-refractivity contribution in [3.8, 4) is 28.2 Å². The normalized spacial score (nSPS) is 18.9. The van der Waals surface area contributed by atoms with E-state index in [9.17, 15) is 63.1 Å². The predicted octanol–water partition coefficient (Wildman–Crippen LogP) is 3.19. The van der Waals surface area contributed by atoms with Crippen LogP contribution in [0.1, 0.15) is 84.9 Å². The van der Waals surface area contributed by atoms with E-state index >= 15 is 0 Å². The summed E-state index contributed by atoms with van der Waals surface area (Å²) in [6.45, 7) is 0.651. The number of carboxylic acid groups (broad SMARTS) is 1. The number of benzene rings is 3. The van der Waals surface area contributed by atoms with E-state index in [4.69, 9.17) is 18.2 Å². The Morgan fingerprint density at radius 3 is 2.51 bits per heavy atom. The first-order valence-corrected chi connectivity index (χ1v) is 23.8. The maximum atomic E-state index is 13.2. The van der Waals surface area contributed by atoms with Crippen LogP contribution in [0.5, 0.6) is 5.75 Å². The third kappa shape index (κ3) is 12.4. The number of hydrogen-bond donors (Lipinski definition) is 6. The van der Waals surface area contributed by atoms with E-state index in [1.54, 1.807) is 0 Å². The predicted molar refractivity (Wildman–Crippen MR) is 246 cm³/mol. The molecule has 2 fully saturated rings. The van der Waals surface area contributed by atoms with E-state index in [2.05, 4.69) is 15.8 Å². The van der Waals surface area contributed by atoms with E-state index < -0.39 is 73.1 Å². The summed E-state index contributed by atoms with van der Waals surface area (Å²) in [5, 5.41) is 30.2. The topological polar surface area (TPSA) is 326 Å². The molecule has 0 saturated carbocycles. The number of aryl methyl sites for hydroxylation is 1. The molecule has 368 valence electrons. The highest BCUT2D eigenvalue weighted by Crippen LogP contribution is 2.43. The minimum Gasteiger partial charge on any atom is -0.756 e. The summed E-state index contributed by atoms with van der Waals surface area (Å²) in [5.74, 6) is -3.29. The Morgan fingerprint density at radius 1 is 0.971 bits per heavy atom. The lowest BCUT2D eigenvalue weighted by molar-refractivity contribution is -0.228. The Balaban J connectivity index is 0.00000782. The Kier molecular flexibility index (Phi) is 16.8. The number of imide groups is 1. The van der Waals surface area contributed by atoms with Crippen molar-refractivity contribution >= 4 is 60.2 Å². The number of aliphatic hydroxyl groups excluding tert-OH is 1. The average Bonchev–Trinajstić information content (AvgIpc) is 3.80. The van der Waals surface area contributed by atoms with Crippen molar-refractivity contribution in [2.24, 2.45) is 0 Å². The number of likely N-dealkylation sites (tertiary alicyclic amines) is 1. The van der Waals surface area contributed by atoms with Gasteiger partial charge in [0.2, 0.25) is 17.7 Å². The summed E-state index contributed by atoms with van der Waals surface area (Å²) in [4.78, 5) is 115. The zero-order valence-corrected chi connectivity index (χ0v) is 37.9. The molecule has 2 unspecified atom stereocenters. The number of phosphoric acid groups is 1. The largest absolute Gasteiger partial charge is 0.756 e. The first kappa shape index (κ1) is 51.9. The second kappa shape index (κ2) is 22.3.